The second-order valence-corrected chi connectivity index (χ2v) is 12.8. The Labute approximate surface area is 304 Å². The predicted molar refractivity (Wildman–Crippen MR) is 196 cm³/mol. The number of aliphatic hydroxyl groups is 1. The van der Waals surface area contributed by atoms with E-state index in [-0.39, 0.29) is 43.3 Å². The van der Waals surface area contributed by atoms with E-state index in [1.165, 1.54) is 14.2 Å². The summed E-state index contributed by atoms with van der Waals surface area (Å²) >= 11 is 0. The number of nitrogens with zero attached hydrogens (tertiary/aromatic N) is 5. The molecule has 0 saturated heterocycles. The normalized spacial score (nSPS) is 14.3. The fourth-order valence-corrected chi connectivity index (χ4v) is 5.59. The Bertz CT molecular complexity index is 1850. The third kappa shape index (κ3) is 10.00. The molecule has 0 fully saturated rings. The first-order chi connectivity index (χ1) is 25.4. The molecule has 0 spiro atoms. The van der Waals surface area contributed by atoms with E-state index in [2.05, 4.69) is 56.2 Å². The van der Waals surface area contributed by atoms with Gasteiger partial charge in [0.15, 0.2) is 0 Å². The van der Waals surface area contributed by atoms with Gasteiger partial charge in [-0.3, -0.25) is 14.4 Å². The molecule has 1 atom stereocenters. The van der Waals surface area contributed by atoms with Gasteiger partial charge in [0, 0.05) is 60.6 Å². The molecule has 0 aliphatic carbocycles. The Hall–Kier alpha value is -5.63. The SMILES string of the molecule is [2H]OCC(CCCCNC(=O)c1ccc(N=Nc2cc(OC)c(N=Nc3ccc4c(c3)C(C)(C)C(=C)N4C)cc2OC)cc1)COC(=O)CCC(=O)O. The number of methoxy groups -OCH3 is 2. The summed E-state index contributed by atoms with van der Waals surface area (Å²) in [6.07, 6.45) is 1.45. The lowest BCUT2D eigenvalue weighted by molar-refractivity contribution is -0.149. The molecule has 1 heterocycles. The summed E-state index contributed by atoms with van der Waals surface area (Å²) in [4.78, 5) is 37.1. The number of unbranched alkanes of at least 4 members (excludes halogenated alkanes) is 1. The Balaban J connectivity index is 1.30. The predicted octanol–water partition coefficient (Wildman–Crippen LogP) is 7.69. The van der Waals surface area contributed by atoms with Crippen LogP contribution in [0.3, 0.4) is 0 Å². The van der Waals surface area contributed by atoms with Gasteiger partial charge in [0.25, 0.3) is 5.91 Å². The molecular weight excluding hydrogens is 668 g/mol. The molecule has 1 aliphatic rings. The van der Waals surface area contributed by atoms with E-state index in [0.29, 0.717) is 65.6 Å². The molecule has 3 N–H and O–H groups in total. The molecule has 0 radical (unpaired) electrons. The molecule has 0 aromatic heterocycles. The quantitative estimate of drug-likeness (QED) is 0.0636. The van der Waals surface area contributed by atoms with Crippen LogP contribution < -0.4 is 19.7 Å². The molecule has 276 valence electrons. The minimum Gasteiger partial charge on any atom is -0.494 e. The summed E-state index contributed by atoms with van der Waals surface area (Å²) in [5.74, 6) is -1.28. The summed E-state index contributed by atoms with van der Waals surface area (Å²) in [6, 6.07) is 16.0. The number of esters is 1. The van der Waals surface area contributed by atoms with E-state index in [4.69, 9.17) is 20.7 Å². The fourth-order valence-electron chi connectivity index (χ4n) is 5.59. The number of anilines is 1. The highest BCUT2D eigenvalue weighted by Gasteiger charge is 2.37. The number of ether oxygens (including phenoxy) is 3. The van der Waals surface area contributed by atoms with Crippen molar-refractivity contribution >= 4 is 46.3 Å². The highest BCUT2D eigenvalue weighted by Crippen LogP contribution is 2.47. The number of carboxylic acid groups (broad SMARTS) is 1. The molecule has 3 aromatic rings. The van der Waals surface area contributed by atoms with Crippen molar-refractivity contribution < 1.29 is 38.8 Å². The average molecular weight is 716 g/mol. The number of carbonyl (C=O) groups is 3. The second kappa shape index (κ2) is 18.0. The largest absolute Gasteiger partial charge is 0.494 e. The van der Waals surface area contributed by atoms with Crippen molar-refractivity contribution in [2.75, 3.05) is 45.9 Å². The van der Waals surface area contributed by atoms with Crippen molar-refractivity contribution in [2.45, 2.75) is 51.4 Å². The van der Waals surface area contributed by atoms with Crippen LogP contribution in [0.2, 0.25) is 0 Å². The number of aliphatic hydroxyl groups excluding tert-OH is 1. The van der Waals surface area contributed by atoms with E-state index in [1.54, 1.807) is 36.4 Å². The Morgan fingerprint density at radius 1 is 0.923 bits per heavy atom. The van der Waals surface area contributed by atoms with Gasteiger partial charge in [0.05, 0.1) is 45.0 Å². The summed E-state index contributed by atoms with van der Waals surface area (Å²) in [7, 11) is 5.06. The number of amides is 1. The summed E-state index contributed by atoms with van der Waals surface area (Å²) in [6.45, 7) is 9.04. The molecule has 14 heteroatoms. The van der Waals surface area contributed by atoms with Gasteiger partial charge in [-0.05, 0) is 60.9 Å². The highest BCUT2D eigenvalue weighted by atomic mass is 16.5. The number of carboxylic acids is 1. The van der Waals surface area contributed by atoms with Crippen LogP contribution >= 0.6 is 0 Å². The van der Waals surface area contributed by atoms with Gasteiger partial charge in [-0.2, -0.15) is 10.2 Å². The number of fused-ring (bicyclic) bond motifs is 1. The Kier molecular flexibility index (Phi) is 13.0. The van der Waals surface area contributed by atoms with E-state index >= 15 is 0 Å². The summed E-state index contributed by atoms with van der Waals surface area (Å²) in [5, 5.41) is 33.6. The van der Waals surface area contributed by atoms with Gasteiger partial charge in [0.2, 0.25) is 1.43 Å². The highest BCUT2D eigenvalue weighted by molar-refractivity contribution is 5.94. The van der Waals surface area contributed by atoms with Crippen molar-refractivity contribution in [1.82, 2.24) is 5.32 Å². The van der Waals surface area contributed by atoms with Crippen LogP contribution in [0, 0.1) is 5.92 Å². The lowest BCUT2D eigenvalue weighted by atomic mass is 9.84. The van der Waals surface area contributed by atoms with Crippen LogP contribution in [0.4, 0.5) is 28.4 Å². The molecule has 0 saturated carbocycles. The van der Waals surface area contributed by atoms with Gasteiger partial charge < -0.3 is 34.6 Å². The number of hydrogen-bond donors (Lipinski definition) is 3. The van der Waals surface area contributed by atoms with E-state index in [0.717, 1.165) is 16.9 Å². The van der Waals surface area contributed by atoms with Gasteiger partial charge in [-0.1, -0.05) is 26.8 Å². The smallest absolute Gasteiger partial charge is 0.306 e. The first-order valence-corrected chi connectivity index (χ1v) is 16.9. The van der Waals surface area contributed by atoms with Crippen molar-refractivity contribution in [1.29, 1.82) is 1.43 Å². The molecule has 1 aliphatic heterocycles. The van der Waals surface area contributed by atoms with Crippen molar-refractivity contribution in [3.8, 4) is 11.5 Å². The van der Waals surface area contributed by atoms with Crippen LogP contribution in [0.15, 0.2) is 87.3 Å². The molecule has 1 unspecified atom stereocenters. The topological polar surface area (TPSA) is 184 Å². The average Bonchev–Trinajstić information content (AvgIpc) is 3.32. The third-order valence-corrected chi connectivity index (χ3v) is 8.88. The lowest BCUT2D eigenvalue weighted by Gasteiger charge is -2.22. The Morgan fingerprint density at radius 3 is 2.17 bits per heavy atom. The maximum absolute atomic E-state index is 12.7. The maximum atomic E-state index is 12.7. The van der Waals surface area contributed by atoms with Crippen molar-refractivity contribution in [3.63, 3.8) is 0 Å². The summed E-state index contributed by atoms with van der Waals surface area (Å²) < 4.78 is 23.3. The first kappa shape index (κ1) is 37.6. The van der Waals surface area contributed by atoms with Gasteiger partial charge in [-0.25, -0.2) is 0 Å². The van der Waals surface area contributed by atoms with Crippen LogP contribution in [-0.4, -0.2) is 70.5 Å². The number of azo groups is 2. The first-order valence-electron chi connectivity index (χ1n) is 17.3. The molecule has 0 bridgehead atoms. The van der Waals surface area contributed by atoms with Crippen LogP contribution in [0.5, 0.6) is 11.5 Å². The second-order valence-electron chi connectivity index (χ2n) is 12.8. The molecule has 52 heavy (non-hydrogen) atoms. The van der Waals surface area contributed by atoms with Crippen molar-refractivity contribution in [2.24, 2.45) is 26.4 Å². The van der Waals surface area contributed by atoms with Crippen LogP contribution in [-0.2, 0) is 19.7 Å². The number of nitrogens with one attached hydrogen (secondary N) is 1. The van der Waals surface area contributed by atoms with E-state index in [1.807, 2.05) is 25.2 Å². The van der Waals surface area contributed by atoms with Gasteiger partial charge in [-0.15, -0.1) is 10.2 Å². The number of allylic oxidation sites excluding steroid dienone is 1. The zero-order valence-electron chi connectivity index (χ0n) is 31.2. The lowest BCUT2D eigenvalue weighted by Crippen LogP contribution is -2.24. The number of carbonyl (C=O) groups excluding carboxylic acids is 2. The molecule has 14 nitrogen and oxygen atoms in total. The van der Waals surface area contributed by atoms with Gasteiger partial charge in [0.1, 0.15) is 22.9 Å². The van der Waals surface area contributed by atoms with E-state index in [9.17, 15) is 14.4 Å². The fraction of sp³-hybridized carbons (Fsp3) is 0.395. The third-order valence-electron chi connectivity index (χ3n) is 8.88. The Morgan fingerprint density at radius 2 is 1.56 bits per heavy atom. The standard InChI is InChI=1S/C38H46N6O8/c1-24-38(2,3)29-19-28(14-15-32(29)44(24)4)41-43-31-21-33(50-5)30(20-34(31)51-6)42-40-27-12-10-26(11-13-27)37(49)39-18-8-7-9-25(22-45)23-52-36(48)17-16-35(46)47/h10-15,19-21,25,45H,1,7-9,16-18,22-23H2,2-6H3,(H,39,49)(H,46,47)/i45D. The monoisotopic (exact) mass is 715 g/mol. The van der Waals surface area contributed by atoms with E-state index < -0.39 is 11.9 Å². The van der Waals surface area contributed by atoms with Crippen LogP contribution in [0.1, 0.15) is 61.9 Å². The summed E-state index contributed by atoms with van der Waals surface area (Å²) in [5.41, 5.74) is 5.54. The minimum absolute atomic E-state index is 0.0375. The zero-order valence-corrected chi connectivity index (χ0v) is 30.2. The maximum Gasteiger partial charge on any atom is 0.306 e. The zero-order chi connectivity index (χ0) is 38.5. The molecule has 1 amide bonds. The number of hydrogen-bond acceptors (Lipinski definition) is 12. The number of benzene rings is 3. The number of aliphatic carboxylic acids is 1. The van der Waals surface area contributed by atoms with Crippen molar-refractivity contribution in [3.05, 3.63) is 78.0 Å². The molecular formula is C38H46N6O8. The van der Waals surface area contributed by atoms with Gasteiger partial charge >= 0.3 is 11.9 Å². The number of rotatable bonds is 19. The molecule has 4 rings (SSSR count). The minimum atomic E-state index is -1.08. The number of likely N-dealkylation sites (N-methyl/N-ethyl adjacent to an activating group) is 1. The molecule has 3 aromatic carbocycles. The van der Waals surface area contributed by atoms with Crippen LogP contribution in [0.25, 0.3) is 0 Å².